The van der Waals surface area contributed by atoms with E-state index in [1.165, 1.54) is 47.3 Å². The summed E-state index contributed by atoms with van der Waals surface area (Å²) in [7, 11) is 0. The fraction of sp³-hybridized carbons (Fsp3) is 0.333. The van der Waals surface area contributed by atoms with Gasteiger partial charge in [0.25, 0.3) is 0 Å². The molecule has 1 aliphatic heterocycles. The van der Waals surface area contributed by atoms with Gasteiger partial charge in [0.15, 0.2) is 6.29 Å². The second kappa shape index (κ2) is 12.4. The number of alkyl halides is 3. The summed E-state index contributed by atoms with van der Waals surface area (Å²) in [5.41, 5.74) is -1.89. The Balaban J connectivity index is 1.33. The number of rotatable bonds is 9. The largest absolute Gasteiger partial charge is 0.416 e. The van der Waals surface area contributed by atoms with Crippen LogP contribution in [0.15, 0.2) is 73.3 Å². The summed E-state index contributed by atoms with van der Waals surface area (Å²) in [5.74, 6) is -1.61. The van der Waals surface area contributed by atoms with Crippen LogP contribution in [0.2, 0.25) is 0 Å². The molecule has 6 nitrogen and oxygen atoms in total. The van der Waals surface area contributed by atoms with E-state index in [1.54, 1.807) is 31.2 Å². The molecule has 0 radical (unpaired) electrons. The number of aromatic nitrogens is 3. The van der Waals surface area contributed by atoms with E-state index >= 15 is 0 Å². The number of ether oxygens (including phenoxy) is 2. The fourth-order valence-corrected chi connectivity index (χ4v) is 5.35. The molecular formula is C27H26F5N3O3S. The molecule has 39 heavy (non-hydrogen) atoms. The zero-order valence-corrected chi connectivity index (χ0v) is 21.6. The molecule has 1 aliphatic rings. The molecule has 12 heteroatoms. The van der Waals surface area contributed by atoms with Crippen LogP contribution >= 0.6 is 11.8 Å². The van der Waals surface area contributed by atoms with Gasteiger partial charge < -0.3 is 14.6 Å². The van der Waals surface area contributed by atoms with Gasteiger partial charge in [0.1, 0.15) is 29.9 Å². The van der Waals surface area contributed by atoms with Crippen LogP contribution in [0.4, 0.5) is 22.0 Å². The van der Waals surface area contributed by atoms with Crippen molar-refractivity contribution in [2.24, 2.45) is 0 Å². The highest BCUT2D eigenvalue weighted by Crippen LogP contribution is 2.38. The van der Waals surface area contributed by atoms with Crippen LogP contribution in [0, 0.1) is 11.6 Å². The van der Waals surface area contributed by atoms with Gasteiger partial charge in [-0.05, 0) is 29.8 Å². The number of hydrogen-bond donors (Lipinski definition) is 1. The minimum absolute atomic E-state index is 0.0577. The molecule has 1 saturated heterocycles. The van der Waals surface area contributed by atoms with Crippen molar-refractivity contribution >= 4 is 17.8 Å². The molecule has 0 saturated carbocycles. The SMILES string of the molecule is CC(SC1COC(/C=C/C=Cc2ccc(C(F)(F)F)cc2)OC1)C(O)(Cn1cncn1)c1ccc(F)cc1F. The van der Waals surface area contributed by atoms with E-state index in [9.17, 15) is 27.1 Å². The number of aliphatic hydroxyl groups is 1. The van der Waals surface area contributed by atoms with Gasteiger partial charge in [-0.1, -0.05) is 43.4 Å². The van der Waals surface area contributed by atoms with Crippen molar-refractivity contribution in [1.29, 1.82) is 0 Å². The first-order valence-corrected chi connectivity index (χ1v) is 12.9. The lowest BCUT2D eigenvalue weighted by Crippen LogP contribution is -2.43. The highest BCUT2D eigenvalue weighted by molar-refractivity contribution is 8.00. The molecule has 2 unspecified atom stereocenters. The Morgan fingerprint density at radius 2 is 1.82 bits per heavy atom. The second-order valence-corrected chi connectivity index (χ2v) is 10.6. The van der Waals surface area contributed by atoms with Crippen molar-refractivity contribution in [2.75, 3.05) is 13.2 Å². The summed E-state index contributed by atoms with van der Waals surface area (Å²) in [6.45, 7) is 2.22. The maximum absolute atomic E-state index is 14.7. The van der Waals surface area contributed by atoms with Crippen molar-refractivity contribution in [1.82, 2.24) is 14.8 Å². The van der Waals surface area contributed by atoms with E-state index in [-0.39, 0.29) is 30.6 Å². The predicted octanol–water partition coefficient (Wildman–Crippen LogP) is 5.60. The maximum atomic E-state index is 14.7. The Morgan fingerprint density at radius 3 is 2.44 bits per heavy atom. The van der Waals surface area contributed by atoms with E-state index < -0.39 is 40.5 Å². The number of halogens is 5. The predicted molar refractivity (Wildman–Crippen MR) is 136 cm³/mol. The smallest absolute Gasteiger partial charge is 0.382 e. The Kier molecular flexibility index (Phi) is 9.21. The van der Waals surface area contributed by atoms with Crippen molar-refractivity contribution in [3.63, 3.8) is 0 Å². The topological polar surface area (TPSA) is 69.4 Å². The van der Waals surface area contributed by atoms with Crippen LogP contribution in [-0.4, -0.2) is 49.9 Å². The number of allylic oxidation sites excluding steroid dienone is 2. The van der Waals surface area contributed by atoms with Crippen LogP contribution in [-0.2, 0) is 27.8 Å². The summed E-state index contributed by atoms with van der Waals surface area (Å²) in [6.07, 6.45) is 4.36. The fourth-order valence-electron chi connectivity index (χ4n) is 4.03. The van der Waals surface area contributed by atoms with E-state index in [4.69, 9.17) is 9.47 Å². The molecule has 4 rings (SSSR count). The summed E-state index contributed by atoms with van der Waals surface area (Å²) < 4.78 is 79.1. The molecule has 2 atom stereocenters. The lowest BCUT2D eigenvalue weighted by atomic mass is 9.90. The summed E-state index contributed by atoms with van der Waals surface area (Å²) >= 11 is 1.35. The minimum Gasteiger partial charge on any atom is -0.382 e. The zero-order valence-electron chi connectivity index (χ0n) is 20.8. The van der Waals surface area contributed by atoms with Gasteiger partial charge in [-0.25, -0.2) is 18.4 Å². The van der Waals surface area contributed by atoms with Gasteiger partial charge in [0, 0.05) is 16.9 Å². The number of hydrogen-bond acceptors (Lipinski definition) is 6. The standard InChI is InChI=1S/C27H26F5N3O3S/c1-18(26(36,15-35-17-33-16-34-35)23-11-10-21(28)12-24(23)29)39-22-13-37-25(38-14-22)5-3-2-4-19-6-8-20(9-7-19)27(30,31)32/h2-12,16-18,22,25,36H,13-15H2,1H3/b4-2?,5-3+. The van der Waals surface area contributed by atoms with Crippen molar-refractivity contribution in [3.05, 3.63) is 102 Å². The molecule has 0 aliphatic carbocycles. The van der Waals surface area contributed by atoms with E-state index in [2.05, 4.69) is 10.1 Å². The van der Waals surface area contributed by atoms with E-state index in [0.717, 1.165) is 24.3 Å². The van der Waals surface area contributed by atoms with Crippen molar-refractivity contribution in [3.8, 4) is 0 Å². The average molecular weight is 568 g/mol. The van der Waals surface area contributed by atoms with Crippen molar-refractivity contribution < 1.29 is 36.5 Å². The summed E-state index contributed by atoms with van der Waals surface area (Å²) in [4.78, 5) is 3.87. The van der Waals surface area contributed by atoms with Gasteiger partial charge in [0.2, 0.25) is 0 Å². The Bertz CT molecular complexity index is 1280. The third-order valence-corrected chi connectivity index (χ3v) is 7.59. The lowest BCUT2D eigenvalue weighted by Gasteiger charge is -2.37. The monoisotopic (exact) mass is 567 g/mol. The van der Waals surface area contributed by atoms with E-state index in [0.29, 0.717) is 5.56 Å². The van der Waals surface area contributed by atoms with Crippen LogP contribution in [0.3, 0.4) is 0 Å². The summed E-state index contributed by atoms with van der Waals surface area (Å²) in [5, 5.41) is 14.9. The van der Waals surface area contributed by atoms with Gasteiger partial charge in [-0.2, -0.15) is 18.3 Å². The van der Waals surface area contributed by atoms with Gasteiger partial charge >= 0.3 is 6.18 Å². The molecule has 0 bridgehead atoms. The Morgan fingerprint density at radius 1 is 1.10 bits per heavy atom. The normalized spacial score (nSPS) is 20.9. The number of nitrogens with zero attached hydrogens (tertiary/aromatic N) is 3. The molecule has 1 aromatic heterocycles. The van der Waals surface area contributed by atoms with Gasteiger partial charge in [0.05, 0.1) is 30.6 Å². The van der Waals surface area contributed by atoms with Crippen molar-refractivity contribution in [2.45, 2.75) is 42.0 Å². The van der Waals surface area contributed by atoms with Gasteiger partial charge in [-0.15, -0.1) is 11.8 Å². The van der Waals surface area contributed by atoms with E-state index in [1.807, 2.05) is 0 Å². The highest BCUT2D eigenvalue weighted by Gasteiger charge is 2.41. The zero-order chi connectivity index (χ0) is 28.0. The van der Waals surface area contributed by atoms with Crippen LogP contribution in [0.25, 0.3) is 6.08 Å². The maximum Gasteiger partial charge on any atom is 0.416 e. The first-order valence-electron chi connectivity index (χ1n) is 12.0. The molecule has 3 aromatic rings. The molecule has 2 aromatic carbocycles. The minimum atomic E-state index is -4.38. The highest BCUT2D eigenvalue weighted by atomic mass is 32.2. The number of benzene rings is 2. The molecular weight excluding hydrogens is 541 g/mol. The molecule has 2 heterocycles. The first-order chi connectivity index (χ1) is 18.5. The molecule has 0 spiro atoms. The molecule has 1 fully saturated rings. The average Bonchev–Trinajstić information content (AvgIpc) is 3.40. The first kappa shape index (κ1) is 28.9. The van der Waals surface area contributed by atoms with Crippen LogP contribution < -0.4 is 0 Å². The molecule has 1 N–H and O–H groups in total. The third kappa shape index (κ3) is 7.53. The summed E-state index contributed by atoms with van der Waals surface area (Å²) in [6, 6.07) is 7.86. The Hall–Kier alpha value is -3.06. The second-order valence-electron chi connectivity index (χ2n) is 8.94. The molecule has 208 valence electrons. The number of thioether (sulfide) groups is 1. The van der Waals surface area contributed by atoms with Crippen LogP contribution in [0.5, 0.6) is 0 Å². The molecule has 0 amide bonds. The van der Waals surface area contributed by atoms with Gasteiger partial charge in [-0.3, -0.25) is 0 Å². The lowest BCUT2D eigenvalue weighted by molar-refractivity contribution is -0.146. The Labute approximate surface area is 226 Å². The van der Waals surface area contributed by atoms with Crippen LogP contribution in [0.1, 0.15) is 23.6 Å². The quantitative estimate of drug-likeness (QED) is 0.268. The third-order valence-electron chi connectivity index (χ3n) is 6.14.